The molecule has 2 atom stereocenters. The Labute approximate surface area is 137 Å². The highest BCUT2D eigenvalue weighted by molar-refractivity contribution is 6.74. The van der Waals surface area contributed by atoms with Crippen LogP contribution in [-0.4, -0.2) is 60.4 Å². The van der Waals surface area contributed by atoms with Crippen LogP contribution in [0.3, 0.4) is 0 Å². The quantitative estimate of drug-likeness (QED) is 0.567. The summed E-state index contributed by atoms with van der Waals surface area (Å²) in [6.07, 6.45) is -2.69. The van der Waals surface area contributed by atoms with E-state index in [1.54, 1.807) is 0 Å². The lowest BCUT2D eigenvalue weighted by molar-refractivity contribution is -0.149. The van der Waals surface area contributed by atoms with Crippen molar-refractivity contribution < 1.29 is 28.6 Å². The molecule has 0 radical (unpaired) electrons. The Bertz CT molecular complexity index is 465. The van der Waals surface area contributed by atoms with Crippen molar-refractivity contribution in [2.75, 3.05) is 13.2 Å². The lowest BCUT2D eigenvalue weighted by Gasteiger charge is -2.37. The molecule has 0 saturated carbocycles. The predicted octanol–water partition coefficient (Wildman–Crippen LogP) is 3.33. The van der Waals surface area contributed by atoms with Crippen molar-refractivity contribution in [3.05, 3.63) is 0 Å². The molecule has 6 nitrogen and oxygen atoms in total. The number of alkyl halides is 1. The van der Waals surface area contributed by atoms with Crippen LogP contribution in [0.15, 0.2) is 0 Å². The van der Waals surface area contributed by atoms with Crippen LogP contribution in [-0.2, 0) is 9.22 Å². The van der Waals surface area contributed by atoms with Gasteiger partial charge in [-0.15, -0.1) is 0 Å². The Morgan fingerprint density at radius 3 is 2.35 bits per heavy atom. The molecule has 1 saturated heterocycles. The van der Waals surface area contributed by atoms with Crippen LogP contribution in [0.25, 0.3) is 0 Å². The molecular formula is C15H28FNO5Si. The number of aliphatic carboxylic acids is 1. The maximum atomic E-state index is 13.7. The molecule has 0 aliphatic carbocycles. The van der Waals surface area contributed by atoms with Crippen molar-refractivity contribution >= 4 is 20.4 Å². The van der Waals surface area contributed by atoms with Crippen LogP contribution in [0.4, 0.5) is 9.18 Å². The summed E-state index contributed by atoms with van der Waals surface area (Å²) in [5, 5.41) is 18.7. The Balaban J connectivity index is 2.72. The summed E-state index contributed by atoms with van der Waals surface area (Å²) in [5.41, 5.74) is -1.68. The van der Waals surface area contributed by atoms with Crippen molar-refractivity contribution in [3.8, 4) is 0 Å². The second kappa shape index (κ2) is 6.76. The standard InChI is InChI=1S/C15H28FNO5Si/c1-14(2,3)23(4,5)22-8-6-7-15(12(18)19)9-11(16)10-17(15)13(20)21/h11H,6-10H2,1-5H3,(H,18,19)(H,20,21)/t11-,15-/m1/s1. The van der Waals surface area contributed by atoms with E-state index in [1.807, 2.05) is 0 Å². The number of hydrogen-bond donors (Lipinski definition) is 2. The van der Waals surface area contributed by atoms with Crippen LogP contribution in [0, 0.1) is 0 Å². The summed E-state index contributed by atoms with van der Waals surface area (Å²) < 4.78 is 19.6. The zero-order valence-corrected chi connectivity index (χ0v) is 15.6. The molecule has 134 valence electrons. The van der Waals surface area contributed by atoms with Gasteiger partial charge in [-0.05, 0) is 31.0 Å². The molecule has 1 heterocycles. The molecule has 23 heavy (non-hydrogen) atoms. The van der Waals surface area contributed by atoms with Crippen molar-refractivity contribution in [2.24, 2.45) is 0 Å². The zero-order valence-electron chi connectivity index (χ0n) is 14.6. The minimum absolute atomic E-state index is 0.0436. The van der Waals surface area contributed by atoms with E-state index >= 15 is 0 Å². The number of nitrogens with zero attached hydrogens (tertiary/aromatic N) is 1. The maximum absolute atomic E-state index is 13.7. The normalized spacial score (nSPS) is 25.7. The second-order valence-corrected chi connectivity index (χ2v) is 12.6. The molecule has 0 spiro atoms. The number of carbonyl (C=O) groups is 2. The monoisotopic (exact) mass is 349 g/mol. The molecule has 1 amide bonds. The van der Waals surface area contributed by atoms with Crippen molar-refractivity contribution in [3.63, 3.8) is 0 Å². The summed E-state index contributed by atoms with van der Waals surface area (Å²) in [7, 11) is -1.94. The molecule has 0 aromatic heterocycles. The van der Waals surface area contributed by atoms with E-state index in [2.05, 4.69) is 33.9 Å². The van der Waals surface area contributed by atoms with Gasteiger partial charge >= 0.3 is 12.1 Å². The first-order valence-electron chi connectivity index (χ1n) is 7.85. The molecule has 0 bridgehead atoms. The van der Waals surface area contributed by atoms with Gasteiger partial charge in [0.25, 0.3) is 0 Å². The highest BCUT2D eigenvalue weighted by Crippen LogP contribution is 2.38. The number of amides is 1. The van der Waals surface area contributed by atoms with E-state index in [-0.39, 0.29) is 24.4 Å². The average molecular weight is 349 g/mol. The van der Waals surface area contributed by atoms with Crippen LogP contribution >= 0.6 is 0 Å². The lowest BCUT2D eigenvalue weighted by atomic mass is 9.90. The van der Waals surface area contributed by atoms with Crippen LogP contribution < -0.4 is 0 Å². The topological polar surface area (TPSA) is 87.1 Å². The fourth-order valence-electron chi connectivity index (χ4n) is 2.63. The van der Waals surface area contributed by atoms with Gasteiger partial charge in [0.05, 0.1) is 6.54 Å². The Kier molecular flexibility index (Phi) is 5.85. The largest absolute Gasteiger partial charge is 0.479 e. The van der Waals surface area contributed by atoms with E-state index in [0.29, 0.717) is 13.0 Å². The van der Waals surface area contributed by atoms with Crippen molar-refractivity contribution in [1.29, 1.82) is 0 Å². The molecule has 8 heteroatoms. The molecule has 1 fully saturated rings. The number of likely N-dealkylation sites (tertiary alicyclic amines) is 1. The molecule has 1 aliphatic heterocycles. The summed E-state index contributed by atoms with van der Waals surface area (Å²) in [6, 6.07) is 0. The summed E-state index contributed by atoms with van der Waals surface area (Å²) in [5.74, 6) is -1.28. The smallest absolute Gasteiger partial charge is 0.408 e. The molecule has 0 unspecified atom stereocenters. The third kappa shape index (κ3) is 4.23. The summed E-state index contributed by atoms with van der Waals surface area (Å²) in [4.78, 5) is 23.6. The van der Waals surface area contributed by atoms with Gasteiger partial charge in [-0.2, -0.15) is 0 Å². The first kappa shape index (κ1) is 19.9. The van der Waals surface area contributed by atoms with Crippen molar-refractivity contribution in [1.82, 2.24) is 4.90 Å². The highest BCUT2D eigenvalue weighted by atomic mass is 28.4. The van der Waals surface area contributed by atoms with E-state index in [9.17, 15) is 24.2 Å². The fourth-order valence-corrected chi connectivity index (χ4v) is 3.72. The number of hydrogen-bond acceptors (Lipinski definition) is 3. The zero-order chi connectivity index (χ0) is 18.1. The van der Waals surface area contributed by atoms with E-state index in [0.717, 1.165) is 4.90 Å². The van der Waals surface area contributed by atoms with E-state index in [1.165, 1.54) is 0 Å². The van der Waals surface area contributed by atoms with Gasteiger partial charge in [-0.3, -0.25) is 4.90 Å². The van der Waals surface area contributed by atoms with Gasteiger partial charge in [0.1, 0.15) is 11.7 Å². The third-order valence-corrected chi connectivity index (χ3v) is 9.63. The third-order valence-electron chi connectivity index (χ3n) is 5.09. The number of halogens is 1. The summed E-state index contributed by atoms with van der Waals surface area (Å²) >= 11 is 0. The van der Waals surface area contributed by atoms with Gasteiger partial charge in [0.15, 0.2) is 8.32 Å². The van der Waals surface area contributed by atoms with Crippen LogP contribution in [0.1, 0.15) is 40.0 Å². The van der Waals surface area contributed by atoms with Gasteiger partial charge in [0.2, 0.25) is 0 Å². The molecule has 0 aromatic carbocycles. The second-order valence-electron chi connectivity index (χ2n) is 7.74. The minimum Gasteiger partial charge on any atom is -0.479 e. The lowest BCUT2D eigenvalue weighted by Crippen LogP contribution is -2.53. The van der Waals surface area contributed by atoms with Crippen LogP contribution in [0.5, 0.6) is 0 Å². The SMILES string of the molecule is CC(C)(C)[Si](C)(C)OCCC[C@]1(C(=O)O)C[C@@H](F)CN1C(=O)O. The maximum Gasteiger partial charge on any atom is 0.408 e. The Morgan fingerprint density at radius 1 is 1.35 bits per heavy atom. The number of carboxylic acids is 1. The molecule has 1 aliphatic rings. The highest BCUT2D eigenvalue weighted by Gasteiger charge is 2.53. The average Bonchev–Trinajstić information content (AvgIpc) is 2.72. The van der Waals surface area contributed by atoms with Gasteiger partial charge in [-0.25, -0.2) is 14.0 Å². The molecular weight excluding hydrogens is 321 g/mol. The molecule has 1 rings (SSSR count). The minimum atomic E-state index is -1.94. The molecule has 0 aromatic rings. The fraction of sp³-hybridized carbons (Fsp3) is 0.867. The van der Waals surface area contributed by atoms with Gasteiger partial charge in [0, 0.05) is 13.0 Å². The first-order valence-corrected chi connectivity index (χ1v) is 10.8. The molecule has 2 N–H and O–H groups in total. The van der Waals surface area contributed by atoms with E-state index in [4.69, 9.17) is 4.43 Å². The van der Waals surface area contributed by atoms with Crippen LogP contribution in [0.2, 0.25) is 18.1 Å². The first-order chi connectivity index (χ1) is 10.3. The predicted molar refractivity (Wildman–Crippen MR) is 87.0 cm³/mol. The van der Waals surface area contributed by atoms with E-state index < -0.39 is 32.1 Å². The Hall–Kier alpha value is -1.15. The Morgan fingerprint density at radius 2 is 1.91 bits per heavy atom. The van der Waals surface area contributed by atoms with Gasteiger partial charge in [-0.1, -0.05) is 20.8 Å². The number of carboxylic acid groups (broad SMARTS) is 2. The summed E-state index contributed by atoms with van der Waals surface area (Å²) in [6.45, 7) is 10.5. The van der Waals surface area contributed by atoms with Gasteiger partial charge < -0.3 is 14.6 Å². The van der Waals surface area contributed by atoms with Crippen molar-refractivity contribution in [2.45, 2.75) is 69.9 Å². The number of rotatable bonds is 6.